The molecule has 0 atom stereocenters. The van der Waals surface area contributed by atoms with E-state index < -0.39 is 5.54 Å². The summed E-state index contributed by atoms with van der Waals surface area (Å²) < 4.78 is 1.57. The van der Waals surface area contributed by atoms with Crippen LogP contribution in [0.15, 0.2) is 53.5 Å². The first-order valence-corrected chi connectivity index (χ1v) is 8.61. The second-order valence-corrected chi connectivity index (χ2v) is 7.56. The molecule has 0 unspecified atom stereocenters. The van der Waals surface area contributed by atoms with Crippen LogP contribution in [0.4, 0.5) is 0 Å². The van der Waals surface area contributed by atoms with E-state index in [1.807, 2.05) is 58.0 Å². The van der Waals surface area contributed by atoms with E-state index in [9.17, 15) is 9.59 Å². The molecule has 0 saturated heterocycles. The van der Waals surface area contributed by atoms with Crippen LogP contribution in [0, 0.1) is 6.92 Å². The first kappa shape index (κ1) is 17.9. The first-order valence-electron chi connectivity index (χ1n) is 8.61. The lowest BCUT2D eigenvalue weighted by molar-refractivity contribution is 0.0917. The maximum Gasteiger partial charge on any atom is 0.265 e. The number of amides is 1. The Morgan fingerprint density at radius 1 is 1.15 bits per heavy atom. The Hall–Kier alpha value is -2.95. The molecular weight excluding hydrogens is 326 g/mol. The zero-order chi connectivity index (χ0) is 18.9. The molecule has 2 aromatic heterocycles. The Bertz CT molecular complexity index is 1010. The fourth-order valence-corrected chi connectivity index (χ4v) is 2.80. The van der Waals surface area contributed by atoms with Gasteiger partial charge in [0.25, 0.3) is 11.5 Å². The van der Waals surface area contributed by atoms with E-state index in [1.54, 1.807) is 22.9 Å². The van der Waals surface area contributed by atoms with Gasteiger partial charge in [-0.15, -0.1) is 0 Å². The van der Waals surface area contributed by atoms with Gasteiger partial charge < -0.3 is 5.32 Å². The van der Waals surface area contributed by atoms with Gasteiger partial charge in [0.1, 0.15) is 11.2 Å². The van der Waals surface area contributed by atoms with E-state index in [0.717, 1.165) is 16.5 Å². The van der Waals surface area contributed by atoms with E-state index in [0.29, 0.717) is 12.2 Å². The summed E-state index contributed by atoms with van der Waals surface area (Å²) in [4.78, 5) is 30.0. The van der Waals surface area contributed by atoms with Gasteiger partial charge in [-0.05, 0) is 51.5 Å². The monoisotopic (exact) mass is 349 g/mol. The van der Waals surface area contributed by atoms with Gasteiger partial charge in [0, 0.05) is 17.1 Å². The molecule has 1 aromatic carbocycles. The second-order valence-electron chi connectivity index (χ2n) is 7.56. The van der Waals surface area contributed by atoms with E-state index in [2.05, 4.69) is 10.3 Å². The fourth-order valence-electron chi connectivity index (χ4n) is 2.80. The standard InChI is InChI=1S/C21H23N3O2/c1-14-7-9-15(10-8-14)13-24-18-16(6-5-11-22-18)12-17(20(24)26)19(25)23-21(2,3)4/h5-12H,13H2,1-4H3,(H,23,25). The highest BCUT2D eigenvalue weighted by molar-refractivity contribution is 5.97. The predicted molar refractivity (Wildman–Crippen MR) is 104 cm³/mol. The van der Waals surface area contributed by atoms with Crippen molar-refractivity contribution in [3.63, 3.8) is 0 Å². The normalized spacial score (nSPS) is 11.5. The molecule has 26 heavy (non-hydrogen) atoms. The third kappa shape index (κ3) is 3.82. The Kier molecular flexibility index (Phi) is 4.64. The van der Waals surface area contributed by atoms with Crippen LogP contribution in [-0.4, -0.2) is 21.0 Å². The largest absolute Gasteiger partial charge is 0.347 e. The smallest absolute Gasteiger partial charge is 0.265 e. The van der Waals surface area contributed by atoms with Crippen molar-refractivity contribution in [3.05, 3.63) is 75.7 Å². The summed E-state index contributed by atoms with van der Waals surface area (Å²) in [7, 11) is 0. The highest BCUT2D eigenvalue weighted by Gasteiger charge is 2.20. The van der Waals surface area contributed by atoms with Gasteiger partial charge in [-0.1, -0.05) is 29.8 Å². The van der Waals surface area contributed by atoms with Crippen molar-refractivity contribution < 1.29 is 4.79 Å². The molecular formula is C21H23N3O2. The molecule has 3 rings (SSSR count). The number of carbonyl (C=O) groups excluding carboxylic acids is 1. The van der Waals surface area contributed by atoms with E-state index in [-0.39, 0.29) is 17.0 Å². The number of nitrogens with zero attached hydrogens (tertiary/aromatic N) is 2. The third-order valence-electron chi connectivity index (χ3n) is 4.04. The molecule has 0 bridgehead atoms. The summed E-state index contributed by atoms with van der Waals surface area (Å²) in [6.07, 6.45) is 1.66. The minimum Gasteiger partial charge on any atom is -0.347 e. The van der Waals surface area contributed by atoms with Crippen LogP contribution in [0.25, 0.3) is 11.0 Å². The molecule has 0 aliphatic heterocycles. The summed E-state index contributed by atoms with van der Waals surface area (Å²) in [6, 6.07) is 13.3. The third-order valence-corrected chi connectivity index (χ3v) is 4.04. The number of rotatable bonds is 3. The van der Waals surface area contributed by atoms with E-state index >= 15 is 0 Å². The molecule has 3 aromatic rings. The molecule has 1 amide bonds. The average molecular weight is 349 g/mol. The fraction of sp³-hybridized carbons (Fsp3) is 0.286. The van der Waals surface area contributed by atoms with Crippen LogP contribution in [0.3, 0.4) is 0 Å². The van der Waals surface area contributed by atoms with Gasteiger partial charge in [-0.2, -0.15) is 0 Å². The average Bonchev–Trinajstić information content (AvgIpc) is 2.57. The number of hydrogen-bond donors (Lipinski definition) is 1. The molecule has 5 heteroatoms. The lowest BCUT2D eigenvalue weighted by Gasteiger charge is -2.21. The Labute approximate surface area is 152 Å². The van der Waals surface area contributed by atoms with Crippen LogP contribution in [0.1, 0.15) is 42.3 Å². The van der Waals surface area contributed by atoms with E-state index in [4.69, 9.17) is 0 Å². The molecule has 0 aliphatic rings. The zero-order valence-electron chi connectivity index (χ0n) is 15.5. The van der Waals surface area contributed by atoms with E-state index in [1.165, 1.54) is 0 Å². The van der Waals surface area contributed by atoms with Gasteiger partial charge in [0.05, 0.1) is 6.54 Å². The molecule has 0 saturated carbocycles. The zero-order valence-corrected chi connectivity index (χ0v) is 15.5. The number of aryl methyl sites for hydroxylation is 1. The Morgan fingerprint density at radius 2 is 1.85 bits per heavy atom. The van der Waals surface area contributed by atoms with Crippen molar-refractivity contribution in [1.29, 1.82) is 0 Å². The number of nitrogens with one attached hydrogen (secondary N) is 1. The van der Waals surface area contributed by atoms with Gasteiger partial charge in [-0.25, -0.2) is 4.98 Å². The topological polar surface area (TPSA) is 64.0 Å². The molecule has 0 radical (unpaired) electrons. The molecule has 134 valence electrons. The number of fused-ring (bicyclic) bond motifs is 1. The van der Waals surface area contributed by atoms with Crippen LogP contribution < -0.4 is 10.9 Å². The van der Waals surface area contributed by atoms with Crippen molar-refractivity contribution >= 4 is 16.9 Å². The maximum absolute atomic E-state index is 13.0. The van der Waals surface area contributed by atoms with Gasteiger partial charge in [-0.3, -0.25) is 14.2 Å². The highest BCUT2D eigenvalue weighted by Crippen LogP contribution is 2.14. The molecule has 0 fully saturated rings. The van der Waals surface area contributed by atoms with Gasteiger partial charge in [0.2, 0.25) is 0 Å². The maximum atomic E-state index is 13.0. The molecule has 5 nitrogen and oxygen atoms in total. The van der Waals surface area contributed by atoms with Crippen LogP contribution in [-0.2, 0) is 6.54 Å². The highest BCUT2D eigenvalue weighted by atomic mass is 16.2. The van der Waals surface area contributed by atoms with Crippen molar-refractivity contribution in [1.82, 2.24) is 14.9 Å². The number of carbonyl (C=O) groups is 1. The lowest BCUT2D eigenvalue weighted by Crippen LogP contribution is -2.43. The molecule has 0 spiro atoms. The van der Waals surface area contributed by atoms with Crippen LogP contribution in [0.5, 0.6) is 0 Å². The summed E-state index contributed by atoms with van der Waals surface area (Å²) >= 11 is 0. The Morgan fingerprint density at radius 3 is 2.50 bits per heavy atom. The van der Waals surface area contributed by atoms with Gasteiger partial charge >= 0.3 is 0 Å². The summed E-state index contributed by atoms with van der Waals surface area (Å²) in [5.74, 6) is -0.370. The lowest BCUT2D eigenvalue weighted by atomic mass is 10.1. The number of pyridine rings is 2. The van der Waals surface area contributed by atoms with Gasteiger partial charge in [0.15, 0.2) is 0 Å². The number of benzene rings is 1. The quantitative estimate of drug-likeness (QED) is 0.789. The minimum atomic E-state index is -0.421. The van der Waals surface area contributed by atoms with Crippen molar-refractivity contribution in [2.75, 3.05) is 0 Å². The number of aromatic nitrogens is 2. The van der Waals surface area contributed by atoms with Crippen molar-refractivity contribution in [2.45, 2.75) is 39.8 Å². The second kappa shape index (κ2) is 6.75. The number of hydrogen-bond acceptors (Lipinski definition) is 3. The first-order chi connectivity index (χ1) is 12.2. The minimum absolute atomic E-state index is 0.132. The van der Waals surface area contributed by atoms with Crippen molar-refractivity contribution in [2.24, 2.45) is 0 Å². The van der Waals surface area contributed by atoms with Crippen LogP contribution in [0.2, 0.25) is 0 Å². The van der Waals surface area contributed by atoms with Crippen molar-refractivity contribution in [3.8, 4) is 0 Å². The molecule has 0 aliphatic carbocycles. The summed E-state index contributed by atoms with van der Waals surface area (Å²) in [6.45, 7) is 8.04. The van der Waals surface area contributed by atoms with Crippen LogP contribution >= 0.6 is 0 Å². The SMILES string of the molecule is Cc1ccc(Cn2c(=O)c(C(=O)NC(C)(C)C)cc3cccnc32)cc1. The molecule has 2 heterocycles. The molecule has 1 N–H and O–H groups in total. The summed E-state index contributed by atoms with van der Waals surface area (Å²) in [5.41, 5.74) is 2.09. The summed E-state index contributed by atoms with van der Waals surface area (Å²) in [5, 5.41) is 3.63. The predicted octanol–water partition coefficient (Wildman–Crippen LogP) is 3.28. The Balaban J connectivity index is 2.14.